The molecule has 0 saturated carbocycles. The molecule has 0 radical (unpaired) electrons. The Hall–Kier alpha value is -1.64. The summed E-state index contributed by atoms with van der Waals surface area (Å²) in [5.41, 5.74) is 6.24. The molecular weight excluding hydrogens is 332 g/mol. The topological polar surface area (TPSA) is 98.0 Å². The summed E-state index contributed by atoms with van der Waals surface area (Å²) in [7, 11) is 0. The summed E-state index contributed by atoms with van der Waals surface area (Å²) in [4.78, 5) is 30.9. The van der Waals surface area contributed by atoms with Gasteiger partial charge in [-0.25, -0.2) is 9.97 Å². The Labute approximate surface area is 134 Å². The molecule has 0 aliphatic carbocycles. The van der Waals surface area contributed by atoms with E-state index in [-0.39, 0.29) is 11.7 Å². The smallest absolute Gasteiger partial charge is 0.259 e. The number of thioether (sulfide) groups is 1. The molecule has 0 bridgehead atoms. The van der Waals surface area contributed by atoms with E-state index in [4.69, 9.17) is 17.3 Å². The third-order valence-corrected chi connectivity index (χ3v) is 4.99. The SMILES string of the molecule is Cc1nc(NC(=O)c2ccc(Cl)nc2)sc1SCC(N)=O. The summed E-state index contributed by atoms with van der Waals surface area (Å²) in [6, 6.07) is 3.12. The number of aromatic nitrogens is 2. The van der Waals surface area contributed by atoms with Gasteiger partial charge in [0.25, 0.3) is 5.91 Å². The number of hydrogen-bond donors (Lipinski definition) is 2. The maximum Gasteiger partial charge on any atom is 0.259 e. The summed E-state index contributed by atoms with van der Waals surface area (Å²) in [5.74, 6) is -0.540. The van der Waals surface area contributed by atoms with Crippen molar-refractivity contribution in [1.82, 2.24) is 9.97 Å². The minimum absolute atomic E-state index is 0.178. The van der Waals surface area contributed by atoms with Crippen LogP contribution in [0.15, 0.2) is 22.5 Å². The van der Waals surface area contributed by atoms with Crippen LogP contribution in [0.3, 0.4) is 0 Å². The molecule has 3 N–H and O–H groups in total. The minimum Gasteiger partial charge on any atom is -0.369 e. The molecular formula is C12H11ClN4O2S2. The normalized spacial score (nSPS) is 10.4. The molecule has 2 amide bonds. The van der Waals surface area contributed by atoms with Crippen molar-refractivity contribution in [3.8, 4) is 0 Å². The molecule has 21 heavy (non-hydrogen) atoms. The van der Waals surface area contributed by atoms with Crippen LogP contribution in [0.2, 0.25) is 5.15 Å². The van der Waals surface area contributed by atoms with Gasteiger partial charge in [0.1, 0.15) is 5.15 Å². The molecule has 0 atom stereocenters. The summed E-state index contributed by atoms with van der Waals surface area (Å²) >= 11 is 8.26. The molecule has 0 saturated heterocycles. The maximum atomic E-state index is 12.0. The molecule has 0 aliphatic rings. The molecule has 6 nitrogen and oxygen atoms in total. The Bertz CT molecular complexity index is 672. The number of pyridine rings is 1. The number of aryl methyl sites for hydroxylation is 1. The number of rotatable bonds is 5. The van der Waals surface area contributed by atoms with Gasteiger partial charge >= 0.3 is 0 Å². The fraction of sp³-hybridized carbons (Fsp3) is 0.167. The minimum atomic E-state index is -0.398. The van der Waals surface area contributed by atoms with E-state index >= 15 is 0 Å². The summed E-state index contributed by atoms with van der Waals surface area (Å²) < 4.78 is 0.846. The van der Waals surface area contributed by atoms with Gasteiger partial charge in [-0.2, -0.15) is 0 Å². The van der Waals surface area contributed by atoms with Crippen LogP contribution in [0.1, 0.15) is 16.1 Å². The van der Waals surface area contributed by atoms with Gasteiger partial charge < -0.3 is 5.73 Å². The van der Waals surface area contributed by atoms with E-state index in [0.29, 0.717) is 15.8 Å². The number of amides is 2. The average Bonchev–Trinajstić information content (AvgIpc) is 2.77. The van der Waals surface area contributed by atoms with E-state index < -0.39 is 5.91 Å². The summed E-state index contributed by atoms with van der Waals surface area (Å²) in [5, 5.41) is 3.46. The predicted octanol–water partition coefficient (Wildman–Crippen LogP) is 2.33. The molecule has 2 aromatic heterocycles. The van der Waals surface area contributed by atoms with Crippen molar-refractivity contribution >= 4 is 51.6 Å². The lowest BCUT2D eigenvalue weighted by Crippen LogP contribution is -2.12. The maximum absolute atomic E-state index is 12.0. The summed E-state index contributed by atoms with van der Waals surface area (Å²) in [6.07, 6.45) is 1.39. The highest BCUT2D eigenvalue weighted by molar-refractivity contribution is 8.01. The van der Waals surface area contributed by atoms with Gasteiger partial charge in [0.05, 0.1) is 21.2 Å². The highest BCUT2D eigenvalue weighted by Crippen LogP contribution is 2.32. The first kappa shape index (κ1) is 15.7. The van der Waals surface area contributed by atoms with E-state index in [0.717, 1.165) is 9.90 Å². The Kier molecular flexibility index (Phi) is 5.16. The number of anilines is 1. The van der Waals surface area contributed by atoms with Crippen molar-refractivity contribution in [2.24, 2.45) is 5.73 Å². The Morgan fingerprint density at radius 2 is 2.24 bits per heavy atom. The third kappa shape index (κ3) is 4.42. The zero-order valence-corrected chi connectivity index (χ0v) is 13.3. The first-order valence-corrected chi connectivity index (χ1v) is 7.95. The van der Waals surface area contributed by atoms with Crippen LogP contribution in [0.5, 0.6) is 0 Å². The fourth-order valence-corrected chi connectivity index (χ4v) is 3.37. The van der Waals surface area contributed by atoms with Crippen LogP contribution in [0, 0.1) is 6.92 Å². The number of hydrogen-bond acceptors (Lipinski definition) is 6. The van der Waals surface area contributed by atoms with Crippen molar-refractivity contribution in [2.45, 2.75) is 11.1 Å². The van der Waals surface area contributed by atoms with E-state index in [1.807, 2.05) is 0 Å². The van der Waals surface area contributed by atoms with E-state index in [1.54, 1.807) is 13.0 Å². The lowest BCUT2D eigenvalue weighted by atomic mass is 10.3. The number of carbonyl (C=O) groups is 2. The molecule has 0 spiro atoms. The van der Waals surface area contributed by atoms with E-state index in [9.17, 15) is 9.59 Å². The quantitative estimate of drug-likeness (QED) is 0.642. The van der Waals surface area contributed by atoms with Crippen molar-refractivity contribution in [3.63, 3.8) is 0 Å². The molecule has 110 valence electrons. The van der Waals surface area contributed by atoms with Crippen molar-refractivity contribution < 1.29 is 9.59 Å². The average molecular weight is 343 g/mol. The van der Waals surface area contributed by atoms with Crippen LogP contribution >= 0.6 is 34.7 Å². The first-order chi connectivity index (χ1) is 9.95. The Morgan fingerprint density at radius 1 is 1.48 bits per heavy atom. The lowest BCUT2D eigenvalue weighted by Gasteiger charge is -2.00. The van der Waals surface area contributed by atoms with Crippen LogP contribution in [0.4, 0.5) is 5.13 Å². The molecule has 0 aliphatic heterocycles. The van der Waals surface area contributed by atoms with Crippen molar-refractivity contribution in [1.29, 1.82) is 0 Å². The van der Waals surface area contributed by atoms with E-state index in [2.05, 4.69) is 15.3 Å². The molecule has 0 fully saturated rings. The second-order valence-corrected chi connectivity index (χ2v) is 6.60. The van der Waals surface area contributed by atoms with Gasteiger partial charge in [0.15, 0.2) is 5.13 Å². The molecule has 2 rings (SSSR count). The number of nitrogens with two attached hydrogens (primary N) is 1. The predicted molar refractivity (Wildman–Crippen MR) is 84.0 cm³/mol. The number of primary amides is 1. The standard InChI is InChI=1S/C12H11ClN4O2S2/c1-6-11(20-5-9(14)18)21-12(16-6)17-10(19)7-2-3-8(13)15-4-7/h2-4H,5H2,1H3,(H2,14,18)(H,16,17,19). The largest absolute Gasteiger partial charge is 0.369 e. The molecule has 0 aromatic carbocycles. The zero-order chi connectivity index (χ0) is 15.4. The van der Waals surface area contributed by atoms with Crippen LogP contribution in [-0.2, 0) is 4.79 Å². The number of nitrogens with zero attached hydrogens (tertiary/aromatic N) is 2. The highest BCUT2D eigenvalue weighted by Gasteiger charge is 2.13. The monoisotopic (exact) mass is 342 g/mol. The zero-order valence-electron chi connectivity index (χ0n) is 10.9. The third-order valence-electron chi connectivity index (χ3n) is 2.31. The molecule has 9 heteroatoms. The molecule has 2 aromatic rings. The Balaban J connectivity index is 2.05. The molecule has 0 unspecified atom stereocenters. The van der Waals surface area contributed by atoms with Gasteiger partial charge in [-0.3, -0.25) is 14.9 Å². The van der Waals surface area contributed by atoms with Gasteiger partial charge in [-0.1, -0.05) is 22.9 Å². The number of halogens is 1. The molecule has 2 heterocycles. The van der Waals surface area contributed by atoms with Crippen molar-refractivity contribution in [2.75, 3.05) is 11.1 Å². The second kappa shape index (κ2) is 6.88. The number of thiazole rings is 1. The van der Waals surface area contributed by atoms with Crippen LogP contribution in [-0.4, -0.2) is 27.5 Å². The first-order valence-electron chi connectivity index (χ1n) is 5.77. The van der Waals surface area contributed by atoms with Gasteiger partial charge in [0, 0.05) is 6.20 Å². The lowest BCUT2D eigenvalue weighted by molar-refractivity contribution is -0.115. The van der Waals surface area contributed by atoms with Gasteiger partial charge in [0.2, 0.25) is 5.91 Å². The van der Waals surface area contributed by atoms with Gasteiger partial charge in [-0.05, 0) is 19.1 Å². The van der Waals surface area contributed by atoms with Crippen molar-refractivity contribution in [3.05, 3.63) is 34.7 Å². The second-order valence-electron chi connectivity index (χ2n) is 3.97. The van der Waals surface area contributed by atoms with Crippen LogP contribution < -0.4 is 11.1 Å². The van der Waals surface area contributed by atoms with Crippen LogP contribution in [0.25, 0.3) is 0 Å². The highest BCUT2D eigenvalue weighted by atomic mass is 35.5. The number of nitrogens with one attached hydrogen (secondary N) is 1. The summed E-state index contributed by atoms with van der Waals surface area (Å²) in [6.45, 7) is 1.80. The fourth-order valence-electron chi connectivity index (χ4n) is 1.39. The Morgan fingerprint density at radius 3 is 2.86 bits per heavy atom. The number of carbonyl (C=O) groups excluding carboxylic acids is 2. The van der Waals surface area contributed by atoms with E-state index in [1.165, 1.54) is 35.4 Å². The van der Waals surface area contributed by atoms with Gasteiger partial charge in [-0.15, -0.1) is 11.8 Å².